The van der Waals surface area contributed by atoms with Crippen LogP contribution in [0.15, 0.2) is 18.2 Å². The van der Waals surface area contributed by atoms with E-state index in [1.54, 1.807) is 27.7 Å². The SMILES string of the molecule is CCOC(=O)C(C[N+](=O)[O-])C1C(=O)N(C(=O)OC(C)(C)C)c2cc(Cl)ccc21. The van der Waals surface area contributed by atoms with Crippen LogP contribution in [0.1, 0.15) is 39.2 Å². The molecule has 0 radical (unpaired) electrons. The minimum Gasteiger partial charge on any atom is -0.466 e. The Morgan fingerprint density at radius 2 is 2.00 bits per heavy atom. The number of carbonyl (C=O) groups is 3. The van der Waals surface area contributed by atoms with Crippen LogP contribution in [0.5, 0.6) is 0 Å². The first kappa shape index (κ1) is 21.6. The highest BCUT2D eigenvalue weighted by atomic mass is 35.5. The normalized spacial score (nSPS) is 17.1. The molecule has 1 aliphatic rings. The molecule has 28 heavy (non-hydrogen) atoms. The summed E-state index contributed by atoms with van der Waals surface area (Å²) in [6, 6.07) is 4.33. The quantitative estimate of drug-likeness (QED) is 0.414. The maximum atomic E-state index is 13.1. The van der Waals surface area contributed by atoms with Crippen molar-refractivity contribution < 1.29 is 28.8 Å². The van der Waals surface area contributed by atoms with Gasteiger partial charge >= 0.3 is 12.1 Å². The van der Waals surface area contributed by atoms with Crippen molar-refractivity contribution >= 4 is 35.3 Å². The molecule has 1 aromatic rings. The third kappa shape index (κ3) is 4.59. The third-order valence-corrected chi connectivity index (χ3v) is 4.20. The number of esters is 1. The van der Waals surface area contributed by atoms with E-state index in [-0.39, 0.29) is 22.9 Å². The molecule has 2 rings (SSSR count). The lowest BCUT2D eigenvalue weighted by atomic mass is 9.87. The van der Waals surface area contributed by atoms with Crippen LogP contribution in [0.25, 0.3) is 0 Å². The molecule has 2 amide bonds. The Kier molecular flexibility index (Phi) is 6.28. The van der Waals surface area contributed by atoms with E-state index >= 15 is 0 Å². The van der Waals surface area contributed by atoms with Crippen LogP contribution in [0, 0.1) is 16.0 Å². The van der Waals surface area contributed by atoms with Crippen LogP contribution in [-0.2, 0) is 19.1 Å². The summed E-state index contributed by atoms with van der Waals surface area (Å²) < 4.78 is 10.2. The average molecular weight is 413 g/mol. The van der Waals surface area contributed by atoms with Crippen LogP contribution in [0.2, 0.25) is 5.02 Å². The number of amides is 2. The van der Waals surface area contributed by atoms with Gasteiger partial charge in [-0.15, -0.1) is 0 Å². The Balaban J connectivity index is 2.54. The number of fused-ring (bicyclic) bond motifs is 1. The van der Waals surface area contributed by atoms with Crippen molar-refractivity contribution in [3.05, 3.63) is 38.9 Å². The minimum atomic E-state index is -1.39. The molecular weight excluding hydrogens is 392 g/mol. The van der Waals surface area contributed by atoms with E-state index in [0.29, 0.717) is 0 Å². The molecule has 0 saturated carbocycles. The highest BCUT2D eigenvalue weighted by molar-refractivity contribution is 6.31. The van der Waals surface area contributed by atoms with Crippen LogP contribution in [0.4, 0.5) is 10.5 Å². The van der Waals surface area contributed by atoms with Gasteiger partial charge < -0.3 is 9.47 Å². The van der Waals surface area contributed by atoms with Gasteiger partial charge in [0.2, 0.25) is 12.5 Å². The van der Waals surface area contributed by atoms with Gasteiger partial charge in [0, 0.05) is 9.95 Å². The lowest BCUT2D eigenvalue weighted by Gasteiger charge is -2.24. The summed E-state index contributed by atoms with van der Waals surface area (Å²) in [5, 5.41) is 11.4. The Labute approximate surface area is 166 Å². The zero-order valence-electron chi connectivity index (χ0n) is 15.9. The van der Waals surface area contributed by atoms with E-state index in [1.165, 1.54) is 18.2 Å². The highest BCUT2D eigenvalue weighted by Crippen LogP contribution is 2.43. The molecule has 1 heterocycles. The van der Waals surface area contributed by atoms with E-state index in [2.05, 4.69) is 0 Å². The topological polar surface area (TPSA) is 116 Å². The number of hydrogen-bond acceptors (Lipinski definition) is 7. The van der Waals surface area contributed by atoms with E-state index in [0.717, 1.165) is 4.90 Å². The molecular formula is C18H21ClN2O7. The van der Waals surface area contributed by atoms with Crippen molar-refractivity contribution in [2.24, 2.45) is 5.92 Å². The standard InChI is InChI=1S/C18H21ClN2O7/c1-5-27-16(23)12(9-20(25)26)14-11-7-6-10(19)8-13(11)21(15(14)22)17(24)28-18(2,3)4/h6-8,12,14H,5,9H2,1-4H3. The first-order valence-electron chi connectivity index (χ1n) is 8.61. The minimum absolute atomic E-state index is 0.00276. The smallest absolute Gasteiger partial charge is 0.421 e. The number of carbonyl (C=O) groups excluding carboxylic acids is 3. The number of halogens is 1. The fourth-order valence-corrected chi connectivity index (χ4v) is 3.14. The number of ether oxygens (including phenoxy) is 2. The fourth-order valence-electron chi connectivity index (χ4n) is 2.97. The monoisotopic (exact) mass is 412 g/mol. The lowest BCUT2D eigenvalue weighted by Crippen LogP contribution is -2.42. The number of nitrogens with zero attached hydrogens (tertiary/aromatic N) is 2. The van der Waals surface area contributed by atoms with Crippen molar-refractivity contribution in [1.29, 1.82) is 0 Å². The fraction of sp³-hybridized carbons (Fsp3) is 0.500. The van der Waals surface area contributed by atoms with Gasteiger partial charge in [0.05, 0.1) is 18.2 Å². The number of anilines is 1. The van der Waals surface area contributed by atoms with Gasteiger partial charge in [-0.3, -0.25) is 19.7 Å². The zero-order chi connectivity index (χ0) is 21.2. The van der Waals surface area contributed by atoms with Crippen LogP contribution in [0.3, 0.4) is 0 Å². The molecule has 9 nitrogen and oxygen atoms in total. The molecule has 1 aromatic carbocycles. The summed E-state index contributed by atoms with van der Waals surface area (Å²) in [4.78, 5) is 49.2. The maximum Gasteiger partial charge on any atom is 0.421 e. The average Bonchev–Trinajstić information content (AvgIpc) is 2.82. The molecule has 10 heteroatoms. The largest absolute Gasteiger partial charge is 0.466 e. The summed E-state index contributed by atoms with van der Waals surface area (Å²) in [6.45, 7) is 5.64. The van der Waals surface area contributed by atoms with E-state index in [1.807, 2.05) is 0 Å². The Hall–Kier alpha value is -2.68. The summed E-state index contributed by atoms with van der Waals surface area (Å²) in [5.41, 5.74) is -0.468. The summed E-state index contributed by atoms with van der Waals surface area (Å²) in [6.07, 6.45) is -0.952. The number of rotatable bonds is 5. The number of nitro groups is 1. The van der Waals surface area contributed by atoms with Crippen molar-refractivity contribution in [2.45, 2.75) is 39.2 Å². The van der Waals surface area contributed by atoms with Gasteiger partial charge in [-0.05, 0) is 45.4 Å². The number of benzene rings is 1. The summed E-state index contributed by atoms with van der Waals surface area (Å²) in [7, 11) is 0. The maximum absolute atomic E-state index is 13.1. The molecule has 1 aliphatic heterocycles. The summed E-state index contributed by atoms with van der Waals surface area (Å²) in [5.74, 6) is -4.34. The lowest BCUT2D eigenvalue weighted by molar-refractivity contribution is -0.486. The molecule has 0 bridgehead atoms. The third-order valence-electron chi connectivity index (χ3n) is 3.97. The Bertz CT molecular complexity index is 819. The first-order valence-corrected chi connectivity index (χ1v) is 8.99. The second kappa shape index (κ2) is 8.14. The van der Waals surface area contributed by atoms with Crippen LogP contribution >= 0.6 is 11.6 Å². The van der Waals surface area contributed by atoms with Gasteiger partial charge in [0.15, 0.2) is 0 Å². The van der Waals surface area contributed by atoms with Crippen molar-refractivity contribution in [3.8, 4) is 0 Å². The van der Waals surface area contributed by atoms with E-state index in [9.17, 15) is 24.5 Å². The Morgan fingerprint density at radius 1 is 1.36 bits per heavy atom. The van der Waals surface area contributed by atoms with Gasteiger partial charge in [0.1, 0.15) is 11.5 Å². The predicted octanol–water partition coefficient (Wildman–Crippen LogP) is 3.16. The molecule has 0 aromatic heterocycles. The molecule has 0 spiro atoms. The molecule has 0 aliphatic carbocycles. The van der Waals surface area contributed by atoms with Gasteiger partial charge in [0.25, 0.3) is 0 Å². The van der Waals surface area contributed by atoms with Crippen LogP contribution in [-0.4, -0.2) is 41.6 Å². The second-order valence-electron chi connectivity index (χ2n) is 7.21. The molecule has 152 valence electrons. The van der Waals surface area contributed by atoms with Gasteiger partial charge in [-0.2, -0.15) is 0 Å². The van der Waals surface area contributed by atoms with Crippen molar-refractivity contribution in [3.63, 3.8) is 0 Å². The van der Waals surface area contributed by atoms with Crippen molar-refractivity contribution in [1.82, 2.24) is 0 Å². The van der Waals surface area contributed by atoms with Crippen LogP contribution < -0.4 is 4.90 Å². The molecule has 2 unspecified atom stereocenters. The van der Waals surface area contributed by atoms with E-state index in [4.69, 9.17) is 21.1 Å². The summed E-state index contributed by atoms with van der Waals surface area (Å²) >= 11 is 6.01. The number of hydrogen-bond donors (Lipinski definition) is 0. The highest BCUT2D eigenvalue weighted by Gasteiger charge is 2.50. The second-order valence-corrected chi connectivity index (χ2v) is 7.65. The molecule has 2 atom stereocenters. The predicted molar refractivity (Wildman–Crippen MR) is 99.9 cm³/mol. The van der Waals surface area contributed by atoms with E-state index < -0.39 is 46.9 Å². The Morgan fingerprint density at radius 3 is 2.54 bits per heavy atom. The first-order chi connectivity index (χ1) is 13.0. The van der Waals surface area contributed by atoms with Crippen molar-refractivity contribution in [2.75, 3.05) is 18.1 Å². The zero-order valence-corrected chi connectivity index (χ0v) is 16.7. The molecule has 0 saturated heterocycles. The van der Waals surface area contributed by atoms with Gasteiger partial charge in [-0.25, -0.2) is 9.69 Å². The molecule has 0 N–H and O–H groups in total. The van der Waals surface area contributed by atoms with Gasteiger partial charge in [-0.1, -0.05) is 17.7 Å². The number of imide groups is 1. The molecule has 0 fully saturated rings.